The van der Waals surface area contributed by atoms with E-state index in [0.717, 1.165) is 29.2 Å². The summed E-state index contributed by atoms with van der Waals surface area (Å²) in [6.07, 6.45) is 1.02. The Morgan fingerprint density at radius 1 is 0.833 bits per heavy atom. The summed E-state index contributed by atoms with van der Waals surface area (Å²) in [6.45, 7) is 0. The lowest BCUT2D eigenvalue weighted by atomic mass is 10.2. The van der Waals surface area contributed by atoms with Crippen molar-refractivity contribution in [3.8, 4) is 0 Å². The molecular weight excluding hydrogens is 242 g/mol. The van der Waals surface area contributed by atoms with E-state index in [0.29, 0.717) is 0 Å². The molecule has 94 valence electrons. The van der Waals surface area contributed by atoms with Crippen molar-refractivity contribution in [2.75, 3.05) is 21.9 Å². The van der Waals surface area contributed by atoms with Crippen molar-refractivity contribution >= 4 is 29.0 Å². The van der Waals surface area contributed by atoms with Crippen molar-refractivity contribution in [2.24, 2.45) is 0 Å². The lowest BCUT2D eigenvalue weighted by molar-refractivity contribution is 1.16. The Bertz CT molecular complexity index is 432. The van der Waals surface area contributed by atoms with Crippen molar-refractivity contribution in [1.82, 2.24) is 0 Å². The van der Waals surface area contributed by atoms with Gasteiger partial charge in [-0.3, -0.25) is 0 Å². The average molecular weight is 259 g/mol. The topological polar surface area (TPSA) is 64.1 Å². The summed E-state index contributed by atoms with van der Waals surface area (Å²) in [5.41, 5.74) is 15.2. The summed E-state index contributed by atoms with van der Waals surface area (Å²) in [5.74, 6) is 1.01. The Hall–Kier alpha value is -1.81. The second kappa shape index (κ2) is 6.21. The standard InChI is InChI=1S/C14H17N3S/c15-12-3-1-11(2-4-12)9-10-18-17-14-7-5-13(16)6-8-14/h1-8,17H,9-10,15-16H2. The average Bonchev–Trinajstić information content (AvgIpc) is 2.39. The fourth-order valence-electron chi connectivity index (χ4n) is 1.54. The van der Waals surface area contributed by atoms with Crippen LogP contribution in [-0.4, -0.2) is 5.75 Å². The fourth-order valence-corrected chi connectivity index (χ4v) is 2.28. The van der Waals surface area contributed by atoms with Crippen LogP contribution >= 0.6 is 11.9 Å². The minimum atomic E-state index is 0.785. The first kappa shape index (κ1) is 12.6. The molecular formula is C14H17N3S. The molecule has 0 saturated heterocycles. The first-order valence-corrected chi connectivity index (χ1v) is 6.80. The Labute approximate surface area is 112 Å². The molecule has 2 aromatic rings. The van der Waals surface area contributed by atoms with Crippen LogP contribution in [0.2, 0.25) is 0 Å². The quantitative estimate of drug-likeness (QED) is 0.438. The number of benzene rings is 2. The molecule has 2 aromatic carbocycles. The zero-order valence-electron chi connectivity index (χ0n) is 10.1. The van der Waals surface area contributed by atoms with E-state index >= 15 is 0 Å². The van der Waals surface area contributed by atoms with Crippen molar-refractivity contribution in [3.05, 3.63) is 54.1 Å². The van der Waals surface area contributed by atoms with E-state index in [-0.39, 0.29) is 0 Å². The second-order valence-corrected chi connectivity index (χ2v) is 4.97. The van der Waals surface area contributed by atoms with Gasteiger partial charge in [0.05, 0.1) is 0 Å². The molecule has 0 radical (unpaired) electrons. The predicted molar refractivity (Wildman–Crippen MR) is 81.5 cm³/mol. The Balaban J connectivity index is 1.73. The van der Waals surface area contributed by atoms with Gasteiger partial charge >= 0.3 is 0 Å². The lowest BCUT2D eigenvalue weighted by Gasteiger charge is -2.06. The van der Waals surface area contributed by atoms with E-state index in [1.807, 2.05) is 36.4 Å². The highest BCUT2D eigenvalue weighted by Gasteiger charge is 1.95. The molecule has 0 unspecified atom stereocenters. The fraction of sp³-hybridized carbons (Fsp3) is 0.143. The molecule has 0 amide bonds. The third-order valence-corrected chi connectivity index (χ3v) is 3.36. The monoisotopic (exact) mass is 259 g/mol. The van der Waals surface area contributed by atoms with Gasteiger partial charge in [-0.05, 0) is 48.4 Å². The highest BCUT2D eigenvalue weighted by Crippen LogP contribution is 2.16. The van der Waals surface area contributed by atoms with Crippen LogP contribution in [0.5, 0.6) is 0 Å². The molecule has 0 aliphatic rings. The third-order valence-electron chi connectivity index (χ3n) is 2.57. The minimum Gasteiger partial charge on any atom is -0.399 e. The van der Waals surface area contributed by atoms with Crippen molar-refractivity contribution in [3.63, 3.8) is 0 Å². The van der Waals surface area contributed by atoms with E-state index in [2.05, 4.69) is 16.9 Å². The number of anilines is 3. The molecule has 0 atom stereocenters. The molecule has 0 fully saturated rings. The minimum absolute atomic E-state index is 0.785. The SMILES string of the molecule is Nc1ccc(CCSNc2ccc(N)cc2)cc1. The molecule has 0 aliphatic carbocycles. The van der Waals surface area contributed by atoms with Gasteiger partial charge in [0.2, 0.25) is 0 Å². The summed E-state index contributed by atoms with van der Waals surface area (Å²) in [5, 5.41) is 0. The summed E-state index contributed by atoms with van der Waals surface area (Å²) in [6, 6.07) is 15.8. The number of nitrogen functional groups attached to an aromatic ring is 2. The molecule has 5 N–H and O–H groups in total. The zero-order valence-corrected chi connectivity index (χ0v) is 10.9. The van der Waals surface area contributed by atoms with Gasteiger partial charge in [0, 0.05) is 22.8 Å². The maximum Gasteiger partial charge on any atom is 0.0441 e. The van der Waals surface area contributed by atoms with Crippen LogP contribution in [-0.2, 0) is 6.42 Å². The lowest BCUT2D eigenvalue weighted by Crippen LogP contribution is -1.94. The largest absolute Gasteiger partial charge is 0.399 e. The van der Waals surface area contributed by atoms with Crippen LogP contribution in [0.25, 0.3) is 0 Å². The first-order valence-electron chi connectivity index (χ1n) is 5.82. The van der Waals surface area contributed by atoms with E-state index in [1.165, 1.54) is 5.56 Å². The number of nitrogens with one attached hydrogen (secondary N) is 1. The van der Waals surface area contributed by atoms with E-state index in [4.69, 9.17) is 11.5 Å². The Morgan fingerprint density at radius 2 is 1.39 bits per heavy atom. The van der Waals surface area contributed by atoms with Crippen molar-refractivity contribution in [2.45, 2.75) is 6.42 Å². The van der Waals surface area contributed by atoms with Crippen LogP contribution in [0.4, 0.5) is 17.1 Å². The highest BCUT2D eigenvalue weighted by atomic mass is 32.2. The number of hydrogen-bond donors (Lipinski definition) is 3. The maximum atomic E-state index is 5.64. The number of aryl methyl sites for hydroxylation is 1. The molecule has 2 rings (SSSR count). The van der Waals surface area contributed by atoms with E-state index < -0.39 is 0 Å². The van der Waals surface area contributed by atoms with Crippen LogP contribution < -0.4 is 16.2 Å². The van der Waals surface area contributed by atoms with Gasteiger partial charge in [-0.15, -0.1) is 0 Å². The molecule has 0 spiro atoms. The van der Waals surface area contributed by atoms with Gasteiger partial charge in [0.25, 0.3) is 0 Å². The number of hydrogen-bond acceptors (Lipinski definition) is 4. The first-order chi connectivity index (χ1) is 8.74. The second-order valence-electron chi connectivity index (χ2n) is 4.06. The highest BCUT2D eigenvalue weighted by molar-refractivity contribution is 8.00. The molecule has 3 nitrogen and oxygen atoms in total. The Morgan fingerprint density at radius 3 is 2.00 bits per heavy atom. The summed E-state index contributed by atoms with van der Waals surface area (Å²) in [7, 11) is 0. The third kappa shape index (κ3) is 3.89. The zero-order chi connectivity index (χ0) is 12.8. The smallest absolute Gasteiger partial charge is 0.0441 e. The van der Waals surface area contributed by atoms with Gasteiger partial charge in [0.1, 0.15) is 0 Å². The van der Waals surface area contributed by atoms with Gasteiger partial charge < -0.3 is 16.2 Å². The molecule has 4 heteroatoms. The normalized spacial score (nSPS) is 10.2. The van der Waals surface area contributed by atoms with Gasteiger partial charge in [-0.2, -0.15) is 0 Å². The maximum absolute atomic E-state index is 5.64. The molecule has 0 heterocycles. The molecule has 0 aliphatic heterocycles. The molecule has 0 saturated carbocycles. The van der Waals surface area contributed by atoms with Crippen molar-refractivity contribution in [1.29, 1.82) is 0 Å². The van der Waals surface area contributed by atoms with Crippen LogP contribution in [0, 0.1) is 0 Å². The number of nitrogens with two attached hydrogens (primary N) is 2. The summed E-state index contributed by atoms with van der Waals surface area (Å²) in [4.78, 5) is 0. The molecule has 0 bridgehead atoms. The summed E-state index contributed by atoms with van der Waals surface area (Å²) < 4.78 is 3.29. The van der Waals surface area contributed by atoms with E-state index in [9.17, 15) is 0 Å². The number of rotatable bonds is 5. The van der Waals surface area contributed by atoms with Crippen LogP contribution in [0.1, 0.15) is 5.56 Å². The molecule has 0 aromatic heterocycles. The summed E-state index contributed by atoms with van der Waals surface area (Å²) >= 11 is 1.69. The van der Waals surface area contributed by atoms with E-state index in [1.54, 1.807) is 11.9 Å². The molecule has 18 heavy (non-hydrogen) atoms. The predicted octanol–water partition coefficient (Wildman–Crippen LogP) is 3.15. The van der Waals surface area contributed by atoms with Gasteiger partial charge in [-0.1, -0.05) is 24.1 Å². The van der Waals surface area contributed by atoms with Gasteiger partial charge in [-0.25, -0.2) is 0 Å². The Kier molecular flexibility index (Phi) is 4.36. The van der Waals surface area contributed by atoms with Gasteiger partial charge in [0.15, 0.2) is 0 Å². The van der Waals surface area contributed by atoms with Crippen LogP contribution in [0.15, 0.2) is 48.5 Å². The van der Waals surface area contributed by atoms with Crippen molar-refractivity contribution < 1.29 is 0 Å². The van der Waals surface area contributed by atoms with Crippen LogP contribution in [0.3, 0.4) is 0 Å².